The summed E-state index contributed by atoms with van der Waals surface area (Å²) < 4.78 is 41.4. The molecule has 0 amide bonds. The Morgan fingerprint density at radius 1 is 0.917 bits per heavy atom. The SMILES string of the molecule is CCCCCC1CCC(c2cc(F)c3c(F)c(F)ccc3c2)CC1. The Labute approximate surface area is 142 Å². The molecule has 0 atom stereocenters. The summed E-state index contributed by atoms with van der Waals surface area (Å²) in [6.07, 6.45) is 9.66. The molecule has 2 aromatic rings. The Bertz CT molecular complexity index is 700. The Morgan fingerprint density at radius 2 is 1.67 bits per heavy atom. The Balaban J connectivity index is 1.73. The topological polar surface area (TPSA) is 0 Å². The van der Waals surface area contributed by atoms with Gasteiger partial charge in [0, 0.05) is 0 Å². The van der Waals surface area contributed by atoms with E-state index < -0.39 is 17.5 Å². The van der Waals surface area contributed by atoms with Gasteiger partial charge in [0.15, 0.2) is 11.6 Å². The van der Waals surface area contributed by atoms with Crippen LogP contribution in [0.2, 0.25) is 0 Å². The second-order valence-electron chi connectivity index (χ2n) is 7.18. The van der Waals surface area contributed by atoms with Crippen LogP contribution in [0.1, 0.15) is 69.8 Å². The molecule has 0 heterocycles. The third kappa shape index (κ3) is 3.60. The molecule has 0 spiro atoms. The van der Waals surface area contributed by atoms with E-state index in [1.54, 1.807) is 0 Å². The van der Waals surface area contributed by atoms with Crippen molar-refractivity contribution in [1.82, 2.24) is 0 Å². The van der Waals surface area contributed by atoms with E-state index in [-0.39, 0.29) is 5.39 Å². The summed E-state index contributed by atoms with van der Waals surface area (Å²) in [6.45, 7) is 2.22. The van der Waals surface area contributed by atoms with Crippen LogP contribution in [-0.2, 0) is 0 Å². The van der Waals surface area contributed by atoms with Crippen LogP contribution < -0.4 is 0 Å². The fourth-order valence-electron chi connectivity index (χ4n) is 4.07. The maximum Gasteiger partial charge on any atom is 0.169 e. The molecule has 0 bridgehead atoms. The normalized spacial score (nSPS) is 21.3. The molecule has 1 fully saturated rings. The van der Waals surface area contributed by atoms with E-state index in [0.717, 1.165) is 30.4 Å². The van der Waals surface area contributed by atoms with Crippen LogP contribution in [0, 0.1) is 23.4 Å². The zero-order valence-electron chi connectivity index (χ0n) is 14.3. The molecular formula is C21H25F3. The Kier molecular flexibility index (Phi) is 5.47. The molecule has 1 aliphatic carbocycles. The van der Waals surface area contributed by atoms with E-state index in [4.69, 9.17) is 0 Å². The number of halogens is 3. The monoisotopic (exact) mass is 334 g/mol. The lowest BCUT2D eigenvalue weighted by Crippen LogP contribution is -2.13. The van der Waals surface area contributed by atoms with Gasteiger partial charge in [-0.1, -0.05) is 44.7 Å². The first kappa shape index (κ1) is 17.3. The van der Waals surface area contributed by atoms with Crippen LogP contribution in [0.5, 0.6) is 0 Å². The second-order valence-corrected chi connectivity index (χ2v) is 7.18. The molecule has 130 valence electrons. The fraction of sp³-hybridized carbons (Fsp3) is 0.524. The van der Waals surface area contributed by atoms with Crippen molar-refractivity contribution in [3.63, 3.8) is 0 Å². The fourth-order valence-corrected chi connectivity index (χ4v) is 4.07. The number of rotatable bonds is 5. The first-order valence-corrected chi connectivity index (χ1v) is 9.17. The van der Waals surface area contributed by atoms with Gasteiger partial charge in [-0.05, 0) is 60.6 Å². The summed E-state index contributed by atoms with van der Waals surface area (Å²) in [6, 6.07) is 5.79. The van der Waals surface area contributed by atoms with Gasteiger partial charge >= 0.3 is 0 Å². The molecule has 0 aromatic heterocycles. The van der Waals surface area contributed by atoms with Crippen LogP contribution >= 0.6 is 0 Å². The minimum atomic E-state index is -1.09. The first-order valence-electron chi connectivity index (χ1n) is 9.17. The van der Waals surface area contributed by atoms with Crippen molar-refractivity contribution in [2.45, 2.75) is 64.2 Å². The molecule has 1 saturated carbocycles. The average Bonchev–Trinajstić information content (AvgIpc) is 2.59. The van der Waals surface area contributed by atoms with Gasteiger partial charge in [-0.15, -0.1) is 0 Å². The summed E-state index contributed by atoms with van der Waals surface area (Å²) in [5, 5.41) is 0.223. The number of hydrogen-bond donors (Lipinski definition) is 0. The summed E-state index contributed by atoms with van der Waals surface area (Å²) in [5.41, 5.74) is 0.929. The highest BCUT2D eigenvalue weighted by molar-refractivity contribution is 5.84. The van der Waals surface area contributed by atoms with Gasteiger partial charge in [0.2, 0.25) is 0 Å². The van der Waals surface area contributed by atoms with E-state index in [0.29, 0.717) is 11.3 Å². The molecule has 0 radical (unpaired) electrons. The maximum absolute atomic E-state index is 14.3. The number of unbranched alkanes of at least 4 members (excludes halogenated alkanes) is 2. The van der Waals surface area contributed by atoms with Crippen molar-refractivity contribution in [3.8, 4) is 0 Å². The van der Waals surface area contributed by atoms with E-state index >= 15 is 0 Å². The van der Waals surface area contributed by atoms with Crippen molar-refractivity contribution >= 4 is 10.8 Å². The first-order chi connectivity index (χ1) is 11.6. The number of hydrogen-bond acceptors (Lipinski definition) is 0. The molecule has 0 N–H and O–H groups in total. The van der Waals surface area contributed by atoms with E-state index in [1.807, 2.05) is 6.07 Å². The van der Waals surface area contributed by atoms with Crippen molar-refractivity contribution in [2.24, 2.45) is 5.92 Å². The Morgan fingerprint density at radius 3 is 2.38 bits per heavy atom. The molecule has 0 nitrogen and oxygen atoms in total. The lowest BCUT2D eigenvalue weighted by Gasteiger charge is -2.29. The summed E-state index contributed by atoms with van der Waals surface area (Å²) in [4.78, 5) is 0. The molecule has 3 heteroatoms. The minimum absolute atomic E-state index is 0.230. The summed E-state index contributed by atoms with van der Waals surface area (Å²) >= 11 is 0. The van der Waals surface area contributed by atoms with Gasteiger partial charge in [0.1, 0.15) is 5.82 Å². The van der Waals surface area contributed by atoms with Crippen LogP contribution in [-0.4, -0.2) is 0 Å². The molecule has 1 aliphatic rings. The van der Waals surface area contributed by atoms with Crippen LogP contribution in [0.25, 0.3) is 10.8 Å². The lowest BCUT2D eigenvalue weighted by atomic mass is 9.76. The molecule has 0 aliphatic heterocycles. The number of fused-ring (bicyclic) bond motifs is 1. The average molecular weight is 334 g/mol. The van der Waals surface area contributed by atoms with Gasteiger partial charge in [-0.25, -0.2) is 13.2 Å². The second kappa shape index (κ2) is 7.58. The van der Waals surface area contributed by atoms with Crippen LogP contribution in [0.4, 0.5) is 13.2 Å². The highest BCUT2D eigenvalue weighted by atomic mass is 19.2. The smallest absolute Gasteiger partial charge is 0.169 e. The van der Waals surface area contributed by atoms with Crippen molar-refractivity contribution in [2.75, 3.05) is 0 Å². The minimum Gasteiger partial charge on any atom is -0.206 e. The zero-order valence-corrected chi connectivity index (χ0v) is 14.3. The van der Waals surface area contributed by atoms with E-state index in [2.05, 4.69) is 6.92 Å². The van der Waals surface area contributed by atoms with Crippen molar-refractivity contribution < 1.29 is 13.2 Å². The molecule has 24 heavy (non-hydrogen) atoms. The molecule has 2 aromatic carbocycles. The van der Waals surface area contributed by atoms with Gasteiger partial charge in [0.05, 0.1) is 5.39 Å². The summed E-state index contributed by atoms with van der Waals surface area (Å²) in [5.74, 6) is -1.61. The summed E-state index contributed by atoms with van der Waals surface area (Å²) in [7, 11) is 0. The number of benzene rings is 2. The van der Waals surface area contributed by atoms with Crippen LogP contribution in [0.3, 0.4) is 0 Å². The third-order valence-corrected chi connectivity index (χ3v) is 5.52. The predicted octanol–water partition coefficient (Wildman–Crippen LogP) is 7.11. The largest absolute Gasteiger partial charge is 0.206 e. The van der Waals surface area contributed by atoms with E-state index in [9.17, 15) is 13.2 Å². The van der Waals surface area contributed by atoms with Crippen LogP contribution in [0.15, 0.2) is 24.3 Å². The Hall–Kier alpha value is -1.51. The predicted molar refractivity (Wildman–Crippen MR) is 92.7 cm³/mol. The van der Waals surface area contributed by atoms with Gasteiger partial charge in [0.25, 0.3) is 0 Å². The standard InChI is InChI=1S/C21H25F3/c1-2-3-4-5-14-6-8-15(9-7-14)17-12-16-10-11-18(22)21(24)20(16)19(23)13-17/h10-15H,2-9H2,1H3. The molecular weight excluding hydrogens is 309 g/mol. The van der Waals surface area contributed by atoms with Gasteiger partial charge in [-0.2, -0.15) is 0 Å². The van der Waals surface area contributed by atoms with Gasteiger partial charge < -0.3 is 0 Å². The van der Waals surface area contributed by atoms with E-state index in [1.165, 1.54) is 50.7 Å². The third-order valence-electron chi connectivity index (χ3n) is 5.52. The molecule has 3 rings (SSSR count). The highest BCUT2D eigenvalue weighted by Crippen LogP contribution is 2.39. The molecule has 0 saturated heterocycles. The van der Waals surface area contributed by atoms with Gasteiger partial charge in [-0.3, -0.25) is 0 Å². The van der Waals surface area contributed by atoms with Crippen molar-refractivity contribution in [1.29, 1.82) is 0 Å². The maximum atomic E-state index is 14.3. The lowest BCUT2D eigenvalue weighted by molar-refractivity contribution is 0.302. The molecule has 0 unspecified atom stereocenters. The van der Waals surface area contributed by atoms with Crippen molar-refractivity contribution in [3.05, 3.63) is 47.3 Å². The zero-order chi connectivity index (χ0) is 17.1. The highest BCUT2D eigenvalue weighted by Gasteiger charge is 2.23. The quantitative estimate of drug-likeness (QED) is 0.511.